The van der Waals surface area contributed by atoms with Crippen LogP contribution in [0, 0.1) is 10.1 Å². The first-order valence-electron chi connectivity index (χ1n) is 9.75. The number of hydrogen-bond acceptors (Lipinski definition) is 8. The predicted octanol–water partition coefficient (Wildman–Crippen LogP) is 4.25. The number of ether oxygens (including phenoxy) is 2. The van der Waals surface area contributed by atoms with Gasteiger partial charge in [-0.15, -0.1) is 11.3 Å². The number of nitro groups is 1. The third-order valence-corrected chi connectivity index (χ3v) is 6.16. The Morgan fingerprint density at radius 3 is 2.62 bits per heavy atom. The van der Waals surface area contributed by atoms with Crippen molar-refractivity contribution >= 4 is 51.6 Å². The van der Waals surface area contributed by atoms with E-state index in [0.29, 0.717) is 23.4 Å². The number of esters is 1. The lowest BCUT2D eigenvalue weighted by atomic mass is 10.0. The number of carbonyl (C=O) groups is 3. The third-order valence-electron chi connectivity index (χ3n) is 4.69. The summed E-state index contributed by atoms with van der Waals surface area (Å²) in [4.78, 5) is 50.3. The van der Waals surface area contributed by atoms with Crippen molar-refractivity contribution in [1.29, 1.82) is 0 Å². The highest BCUT2D eigenvalue weighted by Crippen LogP contribution is 2.38. The van der Waals surface area contributed by atoms with Crippen LogP contribution in [0.4, 0.5) is 15.5 Å². The van der Waals surface area contributed by atoms with E-state index in [0.717, 1.165) is 17.4 Å². The minimum Gasteiger partial charge on any atom is -0.462 e. The Balaban J connectivity index is 1.95. The van der Waals surface area contributed by atoms with Crippen LogP contribution in [-0.4, -0.2) is 47.6 Å². The van der Waals surface area contributed by atoms with Gasteiger partial charge in [-0.2, -0.15) is 0 Å². The van der Waals surface area contributed by atoms with Crippen molar-refractivity contribution < 1.29 is 28.8 Å². The van der Waals surface area contributed by atoms with Crippen LogP contribution in [0.3, 0.4) is 0 Å². The number of fused-ring (bicyclic) bond motifs is 1. The molecule has 12 heteroatoms. The highest BCUT2D eigenvalue weighted by atomic mass is 35.5. The maximum atomic E-state index is 12.9. The molecular weight excluding hydrogens is 462 g/mol. The summed E-state index contributed by atoms with van der Waals surface area (Å²) < 4.78 is 10.2. The van der Waals surface area contributed by atoms with Crippen LogP contribution in [0.2, 0.25) is 5.02 Å². The zero-order valence-corrected chi connectivity index (χ0v) is 18.9. The molecule has 0 spiro atoms. The topological polar surface area (TPSA) is 128 Å². The molecule has 2 amide bonds. The molecule has 0 bridgehead atoms. The van der Waals surface area contributed by atoms with Crippen LogP contribution in [0.15, 0.2) is 18.2 Å². The van der Waals surface area contributed by atoms with Gasteiger partial charge in [0.15, 0.2) is 0 Å². The second-order valence-corrected chi connectivity index (χ2v) is 8.19. The van der Waals surface area contributed by atoms with Crippen molar-refractivity contribution in [2.75, 3.05) is 25.1 Å². The molecule has 0 aliphatic carbocycles. The zero-order chi connectivity index (χ0) is 23.4. The number of carbonyl (C=O) groups excluding carboxylic acids is 3. The Bertz CT molecular complexity index is 1090. The van der Waals surface area contributed by atoms with E-state index in [4.69, 9.17) is 21.1 Å². The number of anilines is 1. The minimum atomic E-state index is -0.704. The molecule has 2 aromatic rings. The molecule has 1 aliphatic rings. The van der Waals surface area contributed by atoms with Gasteiger partial charge in [0.05, 0.1) is 40.8 Å². The smallest absolute Gasteiger partial charge is 0.410 e. The maximum Gasteiger partial charge on any atom is 0.410 e. The van der Waals surface area contributed by atoms with Crippen molar-refractivity contribution in [2.24, 2.45) is 0 Å². The molecule has 0 saturated carbocycles. The lowest BCUT2D eigenvalue weighted by Gasteiger charge is -2.26. The van der Waals surface area contributed by atoms with Gasteiger partial charge < -0.3 is 19.7 Å². The van der Waals surface area contributed by atoms with Crippen LogP contribution in [0.5, 0.6) is 0 Å². The largest absolute Gasteiger partial charge is 0.462 e. The lowest BCUT2D eigenvalue weighted by Crippen LogP contribution is -2.36. The van der Waals surface area contributed by atoms with E-state index in [9.17, 15) is 24.5 Å². The number of non-ortho nitro benzene ring substituents is 1. The summed E-state index contributed by atoms with van der Waals surface area (Å²) in [6, 6.07) is 3.52. The summed E-state index contributed by atoms with van der Waals surface area (Å²) in [6.45, 7) is 4.33. The van der Waals surface area contributed by atoms with Gasteiger partial charge in [-0.25, -0.2) is 9.59 Å². The first kappa shape index (κ1) is 23.5. The van der Waals surface area contributed by atoms with E-state index in [-0.39, 0.29) is 46.6 Å². The normalized spacial score (nSPS) is 12.7. The summed E-state index contributed by atoms with van der Waals surface area (Å²) in [6.07, 6.45) is -0.0788. The molecule has 3 rings (SSSR count). The van der Waals surface area contributed by atoms with Crippen LogP contribution < -0.4 is 5.32 Å². The Hall–Kier alpha value is -3.18. The van der Waals surface area contributed by atoms with Crippen molar-refractivity contribution in [3.05, 3.63) is 54.9 Å². The number of amides is 2. The van der Waals surface area contributed by atoms with Gasteiger partial charge in [0.1, 0.15) is 5.00 Å². The number of thiophene rings is 1. The van der Waals surface area contributed by atoms with Crippen LogP contribution in [0.25, 0.3) is 0 Å². The molecule has 0 radical (unpaired) electrons. The van der Waals surface area contributed by atoms with E-state index >= 15 is 0 Å². The van der Waals surface area contributed by atoms with E-state index in [1.54, 1.807) is 13.8 Å². The second-order valence-electron chi connectivity index (χ2n) is 6.67. The standard InChI is InChI=1S/C20H20ClN3O7S/c1-3-30-19(26)16-12-7-8-23(20(27)31-4-2)10-15(12)32-18(16)22-17(25)13-9-11(24(28)29)5-6-14(13)21/h5-6,9H,3-4,7-8,10H2,1-2H3,(H,22,25). The van der Waals surface area contributed by atoms with Crippen molar-refractivity contribution in [3.63, 3.8) is 0 Å². The molecule has 32 heavy (non-hydrogen) atoms. The fourth-order valence-electron chi connectivity index (χ4n) is 3.25. The Morgan fingerprint density at radius 2 is 1.97 bits per heavy atom. The quantitative estimate of drug-likeness (QED) is 0.371. The number of nitro benzene ring substituents is 1. The first-order chi connectivity index (χ1) is 15.3. The monoisotopic (exact) mass is 481 g/mol. The summed E-state index contributed by atoms with van der Waals surface area (Å²) in [7, 11) is 0. The SMILES string of the molecule is CCOC(=O)c1c(NC(=O)c2cc([N+](=O)[O-])ccc2Cl)sc2c1CCN(C(=O)OCC)C2. The first-order valence-corrected chi connectivity index (χ1v) is 10.9. The van der Waals surface area contributed by atoms with E-state index < -0.39 is 22.9 Å². The summed E-state index contributed by atoms with van der Waals surface area (Å²) in [5, 5.41) is 13.9. The Labute approximate surface area is 192 Å². The molecule has 170 valence electrons. The number of nitrogens with zero attached hydrogens (tertiary/aromatic N) is 2. The highest BCUT2D eigenvalue weighted by molar-refractivity contribution is 7.17. The second kappa shape index (κ2) is 9.96. The van der Waals surface area contributed by atoms with Gasteiger partial charge in [0, 0.05) is 23.6 Å². The van der Waals surface area contributed by atoms with Gasteiger partial charge in [-0.3, -0.25) is 14.9 Å². The summed E-state index contributed by atoms with van der Waals surface area (Å²) in [5.41, 5.74) is 0.510. The van der Waals surface area contributed by atoms with Crippen molar-refractivity contribution in [1.82, 2.24) is 4.90 Å². The molecule has 1 aliphatic heterocycles. The van der Waals surface area contributed by atoms with E-state index in [1.807, 2.05) is 0 Å². The van der Waals surface area contributed by atoms with E-state index in [2.05, 4.69) is 5.32 Å². The number of halogens is 1. The van der Waals surface area contributed by atoms with Crippen molar-refractivity contribution in [3.8, 4) is 0 Å². The number of rotatable bonds is 6. The fourth-order valence-corrected chi connectivity index (χ4v) is 4.70. The molecule has 0 unspecified atom stereocenters. The molecule has 1 aromatic carbocycles. The Morgan fingerprint density at radius 1 is 1.25 bits per heavy atom. The molecule has 0 atom stereocenters. The zero-order valence-electron chi connectivity index (χ0n) is 17.3. The van der Waals surface area contributed by atoms with Gasteiger partial charge in [0.2, 0.25) is 0 Å². The van der Waals surface area contributed by atoms with Crippen molar-refractivity contribution in [2.45, 2.75) is 26.8 Å². The van der Waals surface area contributed by atoms with Crippen LogP contribution in [0.1, 0.15) is 45.0 Å². The highest BCUT2D eigenvalue weighted by Gasteiger charge is 2.32. The molecule has 1 aromatic heterocycles. The van der Waals surface area contributed by atoms with Gasteiger partial charge >= 0.3 is 12.1 Å². The number of benzene rings is 1. The minimum absolute atomic E-state index is 0.0283. The molecule has 10 nitrogen and oxygen atoms in total. The molecule has 0 saturated heterocycles. The van der Waals surface area contributed by atoms with Gasteiger partial charge in [-0.05, 0) is 31.9 Å². The number of nitrogens with one attached hydrogen (secondary N) is 1. The van der Waals surface area contributed by atoms with Crippen LogP contribution >= 0.6 is 22.9 Å². The number of hydrogen-bond donors (Lipinski definition) is 1. The van der Waals surface area contributed by atoms with Gasteiger partial charge in [0.25, 0.3) is 11.6 Å². The van der Waals surface area contributed by atoms with Gasteiger partial charge in [-0.1, -0.05) is 11.6 Å². The van der Waals surface area contributed by atoms with Crippen LogP contribution in [-0.2, 0) is 22.4 Å². The maximum absolute atomic E-state index is 12.9. The average molecular weight is 482 g/mol. The molecule has 0 fully saturated rings. The molecule has 2 heterocycles. The summed E-state index contributed by atoms with van der Waals surface area (Å²) in [5.74, 6) is -1.31. The average Bonchev–Trinajstić information content (AvgIpc) is 3.11. The Kier molecular flexibility index (Phi) is 7.31. The molecular formula is C20H20ClN3O7S. The third kappa shape index (κ3) is 4.83. The molecule has 1 N–H and O–H groups in total. The predicted molar refractivity (Wildman–Crippen MR) is 117 cm³/mol. The lowest BCUT2D eigenvalue weighted by molar-refractivity contribution is -0.384. The van der Waals surface area contributed by atoms with E-state index in [1.165, 1.54) is 17.0 Å². The summed E-state index contributed by atoms with van der Waals surface area (Å²) >= 11 is 7.20. The fraction of sp³-hybridized carbons (Fsp3) is 0.350.